The van der Waals surface area contributed by atoms with Gasteiger partial charge >= 0.3 is 5.97 Å². The summed E-state index contributed by atoms with van der Waals surface area (Å²) in [4.78, 5) is 12.5. The topological polar surface area (TPSA) is 69.7 Å². The molecule has 170 valence electrons. The maximum atomic E-state index is 14.6. The van der Waals surface area contributed by atoms with Gasteiger partial charge in [0.05, 0.1) is 22.1 Å². The molecule has 0 aromatic heterocycles. The zero-order valence-electron chi connectivity index (χ0n) is 18.2. The van der Waals surface area contributed by atoms with E-state index in [1.54, 1.807) is 32.9 Å². The summed E-state index contributed by atoms with van der Waals surface area (Å²) >= 11 is 5.89. The molecule has 2 rings (SSSR count). The van der Waals surface area contributed by atoms with Crippen molar-refractivity contribution in [2.24, 2.45) is 0 Å². The predicted molar refractivity (Wildman–Crippen MR) is 118 cm³/mol. The minimum absolute atomic E-state index is 0.0210. The molecular formula is C23H28ClFO5S. The van der Waals surface area contributed by atoms with E-state index in [1.165, 1.54) is 24.3 Å². The Balaban J connectivity index is 1.91. The highest BCUT2D eigenvalue weighted by Crippen LogP contribution is 2.26. The van der Waals surface area contributed by atoms with Crippen LogP contribution in [0.1, 0.15) is 61.5 Å². The van der Waals surface area contributed by atoms with Crippen molar-refractivity contribution in [2.75, 3.05) is 6.61 Å². The van der Waals surface area contributed by atoms with Crippen LogP contribution in [0.2, 0.25) is 5.02 Å². The summed E-state index contributed by atoms with van der Waals surface area (Å²) in [6.45, 7) is 7.10. The summed E-state index contributed by atoms with van der Waals surface area (Å²) < 4.78 is 49.3. The number of hydrogen-bond acceptors (Lipinski definition) is 5. The number of carbonyl (C=O) groups excluding carboxylic acids is 1. The Morgan fingerprint density at radius 2 is 1.68 bits per heavy atom. The number of benzene rings is 2. The van der Waals surface area contributed by atoms with Gasteiger partial charge in [0.1, 0.15) is 11.4 Å². The largest absolute Gasteiger partial charge is 0.456 e. The molecule has 0 radical (unpaired) electrons. The highest BCUT2D eigenvalue weighted by molar-refractivity contribution is 7.86. The van der Waals surface area contributed by atoms with E-state index in [2.05, 4.69) is 0 Å². The van der Waals surface area contributed by atoms with Gasteiger partial charge in [-0.05, 0) is 71.2 Å². The van der Waals surface area contributed by atoms with Gasteiger partial charge in [-0.25, -0.2) is 9.18 Å². The van der Waals surface area contributed by atoms with E-state index in [0.29, 0.717) is 19.3 Å². The fourth-order valence-corrected chi connectivity index (χ4v) is 4.00. The number of halogens is 2. The first-order chi connectivity index (χ1) is 14.4. The maximum absolute atomic E-state index is 14.6. The van der Waals surface area contributed by atoms with Gasteiger partial charge < -0.3 is 4.74 Å². The molecule has 0 aliphatic heterocycles. The van der Waals surface area contributed by atoms with Crippen molar-refractivity contribution in [1.82, 2.24) is 0 Å². The third-order valence-corrected chi connectivity index (χ3v) is 6.05. The van der Waals surface area contributed by atoms with Crippen LogP contribution < -0.4 is 0 Å². The van der Waals surface area contributed by atoms with E-state index >= 15 is 0 Å². The summed E-state index contributed by atoms with van der Waals surface area (Å²) in [5.41, 5.74) is 0.605. The van der Waals surface area contributed by atoms with Crippen molar-refractivity contribution in [3.05, 3.63) is 63.9 Å². The minimum Gasteiger partial charge on any atom is -0.456 e. The first kappa shape index (κ1) is 25.3. The van der Waals surface area contributed by atoms with Crippen LogP contribution in [0.4, 0.5) is 4.39 Å². The third-order valence-electron chi connectivity index (χ3n) is 4.43. The lowest BCUT2D eigenvalue weighted by molar-refractivity contribution is 0.00676. The van der Waals surface area contributed by atoms with E-state index in [-0.39, 0.29) is 34.1 Å². The van der Waals surface area contributed by atoms with Crippen molar-refractivity contribution >= 4 is 27.7 Å². The minimum atomic E-state index is -3.80. The van der Waals surface area contributed by atoms with Crippen LogP contribution in [0.25, 0.3) is 0 Å². The molecule has 0 aliphatic rings. The second-order valence-electron chi connectivity index (χ2n) is 8.29. The molecule has 2 aromatic carbocycles. The standard InChI is InChI=1S/C23H28ClFO5S/c1-16-9-11-17(12-10-16)31(27,28)29-15-7-5-6-8-18-19(13-14-20(24)21(18)25)22(26)30-23(2,3)4/h9-14H,5-8,15H2,1-4H3. The third kappa shape index (κ3) is 7.59. The highest BCUT2D eigenvalue weighted by Gasteiger charge is 2.23. The molecule has 0 unspecified atom stereocenters. The predicted octanol–water partition coefficient (Wildman–Crippen LogP) is 5.86. The number of unbranched alkanes of at least 4 members (excludes halogenated alkanes) is 2. The van der Waals surface area contributed by atoms with E-state index in [9.17, 15) is 17.6 Å². The molecule has 0 heterocycles. The molecule has 8 heteroatoms. The summed E-state index contributed by atoms with van der Waals surface area (Å²) in [5, 5.41) is -0.0603. The molecule has 0 fully saturated rings. The van der Waals surface area contributed by atoms with Gasteiger partial charge in [-0.3, -0.25) is 4.18 Å². The molecule has 0 bridgehead atoms. The van der Waals surface area contributed by atoms with Gasteiger partial charge in [0, 0.05) is 5.56 Å². The van der Waals surface area contributed by atoms with Gasteiger partial charge in [0.15, 0.2) is 0 Å². The van der Waals surface area contributed by atoms with Crippen LogP contribution in [0.3, 0.4) is 0 Å². The fourth-order valence-electron chi connectivity index (χ4n) is 2.88. The molecule has 0 amide bonds. The van der Waals surface area contributed by atoms with Crippen LogP contribution in [-0.2, 0) is 25.5 Å². The lowest BCUT2D eigenvalue weighted by Crippen LogP contribution is -2.25. The number of aryl methyl sites for hydroxylation is 1. The summed E-state index contributed by atoms with van der Waals surface area (Å²) in [5.74, 6) is -1.24. The van der Waals surface area contributed by atoms with Crippen molar-refractivity contribution < 1.29 is 26.5 Å². The zero-order valence-corrected chi connectivity index (χ0v) is 19.8. The fraction of sp³-hybridized carbons (Fsp3) is 0.435. The second kappa shape index (κ2) is 10.6. The molecule has 31 heavy (non-hydrogen) atoms. The van der Waals surface area contributed by atoms with Crippen LogP contribution in [-0.4, -0.2) is 26.6 Å². The average molecular weight is 471 g/mol. The Bertz CT molecular complexity index is 1010. The smallest absolute Gasteiger partial charge is 0.339 e. The summed E-state index contributed by atoms with van der Waals surface area (Å²) in [6, 6.07) is 9.22. The van der Waals surface area contributed by atoms with E-state index < -0.39 is 27.5 Å². The average Bonchev–Trinajstić information content (AvgIpc) is 2.66. The number of rotatable bonds is 9. The number of esters is 1. The van der Waals surface area contributed by atoms with Gasteiger partial charge in [0.2, 0.25) is 0 Å². The lowest BCUT2D eigenvalue weighted by Gasteiger charge is -2.21. The summed E-state index contributed by atoms with van der Waals surface area (Å²) in [6.07, 6.45) is 1.85. The van der Waals surface area contributed by atoms with E-state index in [0.717, 1.165) is 5.56 Å². The van der Waals surface area contributed by atoms with Crippen molar-refractivity contribution in [2.45, 2.75) is 63.9 Å². The Hall–Kier alpha value is -1.96. The molecular weight excluding hydrogens is 443 g/mol. The molecule has 0 aliphatic carbocycles. The normalized spacial score (nSPS) is 12.1. The first-order valence-corrected chi connectivity index (χ1v) is 11.9. The van der Waals surface area contributed by atoms with Crippen LogP contribution in [0.15, 0.2) is 41.3 Å². The van der Waals surface area contributed by atoms with Crippen molar-refractivity contribution in [3.63, 3.8) is 0 Å². The Labute approximate surface area is 188 Å². The molecule has 0 saturated heterocycles. The monoisotopic (exact) mass is 470 g/mol. The quantitative estimate of drug-likeness (QED) is 0.261. The molecule has 2 aromatic rings. The van der Waals surface area contributed by atoms with Crippen LogP contribution in [0.5, 0.6) is 0 Å². The summed E-state index contributed by atoms with van der Waals surface area (Å²) in [7, 11) is -3.80. The Morgan fingerprint density at radius 3 is 2.29 bits per heavy atom. The molecule has 0 N–H and O–H groups in total. The number of carbonyl (C=O) groups is 1. The van der Waals surface area contributed by atoms with Crippen molar-refractivity contribution in [1.29, 1.82) is 0 Å². The van der Waals surface area contributed by atoms with Gasteiger partial charge in [-0.2, -0.15) is 8.42 Å². The van der Waals surface area contributed by atoms with E-state index in [4.69, 9.17) is 20.5 Å². The van der Waals surface area contributed by atoms with Crippen LogP contribution >= 0.6 is 11.6 Å². The Kier molecular flexibility index (Phi) is 8.63. The Morgan fingerprint density at radius 1 is 1.03 bits per heavy atom. The second-order valence-corrected chi connectivity index (χ2v) is 10.3. The van der Waals surface area contributed by atoms with E-state index in [1.807, 2.05) is 6.92 Å². The number of hydrogen-bond donors (Lipinski definition) is 0. The van der Waals surface area contributed by atoms with Gasteiger partial charge in [0.25, 0.3) is 10.1 Å². The zero-order chi connectivity index (χ0) is 23.2. The molecule has 0 spiro atoms. The maximum Gasteiger partial charge on any atom is 0.339 e. The molecule has 0 saturated carbocycles. The van der Waals surface area contributed by atoms with Crippen molar-refractivity contribution in [3.8, 4) is 0 Å². The first-order valence-electron chi connectivity index (χ1n) is 10.1. The SMILES string of the molecule is Cc1ccc(S(=O)(=O)OCCCCCc2c(C(=O)OC(C)(C)C)ccc(Cl)c2F)cc1. The lowest BCUT2D eigenvalue weighted by atomic mass is 10.00. The van der Waals surface area contributed by atoms with Gasteiger partial charge in [-0.15, -0.1) is 0 Å². The molecule has 0 atom stereocenters. The van der Waals surface area contributed by atoms with Gasteiger partial charge in [-0.1, -0.05) is 35.7 Å². The number of ether oxygens (including phenoxy) is 1. The molecule has 5 nitrogen and oxygen atoms in total. The van der Waals surface area contributed by atoms with Crippen LogP contribution in [0, 0.1) is 12.7 Å². The highest BCUT2D eigenvalue weighted by atomic mass is 35.5.